The fraction of sp³-hybridized carbons (Fsp3) is 0.556. The van der Waals surface area contributed by atoms with Crippen LogP contribution in [-0.4, -0.2) is 24.0 Å². The van der Waals surface area contributed by atoms with E-state index >= 15 is 0 Å². The molecule has 1 aromatic rings. The van der Waals surface area contributed by atoms with Crippen LogP contribution >= 0.6 is 0 Å². The van der Waals surface area contributed by atoms with Crippen molar-refractivity contribution in [1.29, 1.82) is 0 Å². The third kappa shape index (κ3) is 4.09. The van der Waals surface area contributed by atoms with E-state index in [2.05, 4.69) is 19.2 Å². The minimum absolute atomic E-state index is 0.175. The molecule has 0 radical (unpaired) electrons. The molecule has 1 aliphatic carbocycles. The normalized spacial score (nSPS) is 26.0. The molecule has 0 aromatic heterocycles. The van der Waals surface area contributed by atoms with Gasteiger partial charge in [0.05, 0.1) is 5.56 Å². The number of carbonyl (C=O) groups is 2. The summed E-state index contributed by atoms with van der Waals surface area (Å²) in [6.07, 6.45) is 2.56. The highest BCUT2D eigenvalue weighted by molar-refractivity contribution is 5.92. The molecular weight excluding hydrogens is 278 g/mol. The maximum Gasteiger partial charge on any atom is 0.338 e. The van der Waals surface area contributed by atoms with Gasteiger partial charge in [-0.2, -0.15) is 0 Å². The van der Waals surface area contributed by atoms with E-state index in [9.17, 15) is 9.59 Å². The summed E-state index contributed by atoms with van der Waals surface area (Å²) in [5.41, 5.74) is 0.460. The van der Waals surface area contributed by atoms with Gasteiger partial charge in [0.1, 0.15) is 0 Å². The Morgan fingerprint density at radius 2 is 1.86 bits per heavy atom. The minimum Gasteiger partial charge on any atom is -0.449 e. The molecule has 0 spiro atoms. The fourth-order valence-corrected chi connectivity index (χ4v) is 2.94. The van der Waals surface area contributed by atoms with Crippen LogP contribution in [0.4, 0.5) is 0 Å². The van der Waals surface area contributed by atoms with E-state index in [1.807, 2.05) is 6.07 Å². The predicted octanol–water partition coefficient (Wildman–Crippen LogP) is 3.17. The first kappa shape index (κ1) is 16.5. The van der Waals surface area contributed by atoms with Crippen molar-refractivity contribution in [2.24, 2.45) is 11.8 Å². The van der Waals surface area contributed by atoms with E-state index in [4.69, 9.17) is 4.74 Å². The topological polar surface area (TPSA) is 55.4 Å². The average molecular weight is 303 g/mol. The maximum atomic E-state index is 12.2. The van der Waals surface area contributed by atoms with E-state index < -0.39 is 12.1 Å². The number of esters is 1. The number of carbonyl (C=O) groups excluding carboxylic acids is 2. The van der Waals surface area contributed by atoms with E-state index in [1.54, 1.807) is 31.2 Å². The Balaban J connectivity index is 1.88. The van der Waals surface area contributed by atoms with Gasteiger partial charge in [-0.3, -0.25) is 4.79 Å². The molecule has 1 aliphatic rings. The van der Waals surface area contributed by atoms with Crippen LogP contribution in [-0.2, 0) is 9.53 Å². The second-order valence-corrected chi connectivity index (χ2v) is 6.30. The van der Waals surface area contributed by atoms with Gasteiger partial charge in [-0.15, -0.1) is 0 Å². The lowest BCUT2D eigenvalue weighted by Gasteiger charge is -2.35. The highest BCUT2D eigenvalue weighted by Crippen LogP contribution is 2.29. The maximum absolute atomic E-state index is 12.2. The molecule has 120 valence electrons. The van der Waals surface area contributed by atoms with E-state index in [0.29, 0.717) is 17.4 Å². The lowest BCUT2D eigenvalue weighted by atomic mass is 9.78. The molecule has 1 aromatic carbocycles. The van der Waals surface area contributed by atoms with Gasteiger partial charge >= 0.3 is 5.97 Å². The highest BCUT2D eigenvalue weighted by Gasteiger charge is 2.30. The Kier molecular flexibility index (Phi) is 5.58. The van der Waals surface area contributed by atoms with Crippen LogP contribution < -0.4 is 5.32 Å². The monoisotopic (exact) mass is 303 g/mol. The summed E-state index contributed by atoms with van der Waals surface area (Å²) >= 11 is 0. The van der Waals surface area contributed by atoms with Crippen molar-refractivity contribution in [2.75, 3.05) is 0 Å². The summed E-state index contributed by atoms with van der Waals surface area (Å²) < 4.78 is 5.25. The second-order valence-electron chi connectivity index (χ2n) is 6.30. The first-order chi connectivity index (χ1) is 10.5. The molecule has 1 amide bonds. The molecular formula is C18H25NO3. The average Bonchev–Trinajstić information content (AvgIpc) is 2.52. The van der Waals surface area contributed by atoms with Gasteiger partial charge in [0, 0.05) is 6.04 Å². The molecule has 0 heterocycles. The summed E-state index contributed by atoms with van der Waals surface area (Å²) in [7, 11) is 0. The van der Waals surface area contributed by atoms with Crippen molar-refractivity contribution in [3.63, 3.8) is 0 Å². The van der Waals surface area contributed by atoms with Gasteiger partial charge in [0.15, 0.2) is 6.10 Å². The van der Waals surface area contributed by atoms with Crippen molar-refractivity contribution in [2.45, 2.75) is 52.2 Å². The number of amides is 1. The van der Waals surface area contributed by atoms with Crippen LogP contribution in [0.1, 0.15) is 50.4 Å². The third-order valence-corrected chi connectivity index (χ3v) is 4.70. The van der Waals surface area contributed by atoms with Crippen molar-refractivity contribution >= 4 is 11.9 Å². The Labute approximate surface area is 132 Å². The number of benzene rings is 1. The number of nitrogens with one attached hydrogen (secondary N) is 1. The quantitative estimate of drug-likeness (QED) is 0.869. The molecule has 4 nitrogen and oxygen atoms in total. The van der Waals surface area contributed by atoms with Crippen molar-refractivity contribution in [1.82, 2.24) is 5.32 Å². The molecule has 1 saturated carbocycles. The standard InChI is InChI=1S/C18H25NO3/c1-12-8-7-11-16(13(12)2)19-17(20)14(3)22-18(21)15-9-5-4-6-10-15/h4-6,9-10,12-14,16H,7-8,11H2,1-3H3,(H,19,20)/t12-,13+,14+,16+/m0/s1. The summed E-state index contributed by atoms with van der Waals surface area (Å²) in [5, 5.41) is 3.04. The van der Waals surface area contributed by atoms with Crippen LogP contribution in [0.15, 0.2) is 30.3 Å². The SMILES string of the molecule is C[C@@H]1[C@@H](C)CCC[C@H]1NC(=O)[C@@H](C)OC(=O)c1ccccc1. The first-order valence-electron chi connectivity index (χ1n) is 8.05. The Morgan fingerprint density at radius 3 is 2.55 bits per heavy atom. The van der Waals surface area contributed by atoms with E-state index in [1.165, 1.54) is 6.42 Å². The van der Waals surface area contributed by atoms with Crippen molar-refractivity contribution in [3.8, 4) is 0 Å². The Bertz CT molecular complexity index is 514. The lowest BCUT2D eigenvalue weighted by molar-refractivity contribution is -0.130. The van der Waals surface area contributed by atoms with Crippen LogP contribution in [0.2, 0.25) is 0 Å². The molecule has 0 unspecified atom stereocenters. The van der Waals surface area contributed by atoms with E-state index in [0.717, 1.165) is 12.8 Å². The molecule has 22 heavy (non-hydrogen) atoms. The number of hydrogen-bond acceptors (Lipinski definition) is 3. The second kappa shape index (κ2) is 7.43. The smallest absolute Gasteiger partial charge is 0.338 e. The zero-order valence-corrected chi connectivity index (χ0v) is 13.5. The Morgan fingerprint density at radius 1 is 1.18 bits per heavy atom. The molecule has 2 rings (SSSR count). The van der Waals surface area contributed by atoms with Gasteiger partial charge in [-0.1, -0.05) is 44.9 Å². The number of ether oxygens (including phenoxy) is 1. The number of rotatable bonds is 4. The van der Waals surface area contributed by atoms with Crippen LogP contribution in [0.5, 0.6) is 0 Å². The molecule has 0 bridgehead atoms. The van der Waals surface area contributed by atoms with Gasteiger partial charge in [-0.25, -0.2) is 4.79 Å². The molecule has 1 fully saturated rings. The van der Waals surface area contributed by atoms with Crippen molar-refractivity contribution in [3.05, 3.63) is 35.9 Å². The molecule has 1 N–H and O–H groups in total. The van der Waals surface area contributed by atoms with Crippen LogP contribution in [0.3, 0.4) is 0 Å². The summed E-state index contributed by atoms with van der Waals surface area (Å²) in [6, 6.07) is 8.90. The highest BCUT2D eigenvalue weighted by atomic mass is 16.5. The van der Waals surface area contributed by atoms with Crippen LogP contribution in [0, 0.1) is 11.8 Å². The van der Waals surface area contributed by atoms with Crippen molar-refractivity contribution < 1.29 is 14.3 Å². The zero-order chi connectivity index (χ0) is 16.1. The van der Waals surface area contributed by atoms with Gasteiger partial charge in [0.2, 0.25) is 0 Å². The van der Waals surface area contributed by atoms with Gasteiger partial charge in [0.25, 0.3) is 5.91 Å². The van der Waals surface area contributed by atoms with Gasteiger partial charge < -0.3 is 10.1 Å². The summed E-state index contributed by atoms with van der Waals surface area (Å²) in [4.78, 5) is 24.2. The molecule has 4 heteroatoms. The van der Waals surface area contributed by atoms with Crippen LogP contribution in [0.25, 0.3) is 0 Å². The molecule has 4 atom stereocenters. The molecule has 0 aliphatic heterocycles. The summed E-state index contributed by atoms with van der Waals surface area (Å²) in [6.45, 7) is 6.02. The summed E-state index contributed by atoms with van der Waals surface area (Å²) in [5.74, 6) is 0.388. The molecule has 0 saturated heterocycles. The third-order valence-electron chi connectivity index (χ3n) is 4.70. The Hall–Kier alpha value is -1.84. The minimum atomic E-state index is -0.780. The first-order valence-corrected chi connectivity index (χ1v) is 8.05. The fourth-order valence-electron chi connectivity index (χ4n) is 2.94. The lowest BCUT2D eigenvalue weighted by Crippen LogP contribution is -2.47. The largest absolute Gasteiger partial charge is 0.449 e. The predicted molar refractivity (Wildman–Crippen MR) is 85.4 cm³/mol. The van der Waals surface area contributed by atoms with Gasteiger partial charge in [-0.05, 0) is 37.3 Å². The zero-order valence-electron chi connectivity index (χ0n) is 13.5. The van der Waals surface area contributed by atoms with E-state index in [-0.39, 0.29) is 11.9 Å². The number of hydrogen-bond donors (Lipinski definition) is 1.